The second-order valence-corrected chi connectivity index (χ2v) is 8.24. The summed E-state index contributed by atoms with van der Waals surface area (Å²) in [7, 11) is -4.16. The van der Waals surface area contributed by atoms with Gasteiger partial charge in [0, 0.05) is 30.9 Å². The standard InChI is InChI=1S/C20H21F2N3O4S/c1-2-7-23-30(27,28)19-12-14(3-5-16(19)21)20(26)24-15-4-6-18(17(22)13-15)25-8-10-29-11-9-25/h2-6,12-13,23H,1,7-11H2,(H,24,26). The Morgan fingerprint density at radius 2 is 1.87 bits per heavy atom. The first-order chi connectivity index (χ1) is 14.3. The Kier molecular flexibility index (Phi) is 6.80. The number of amides is 1. The molecule has 160 valence electrons. The second-order valence-electron chi connectivity index (χ2n) is 6.51. The number of hydrogen-bond donors (Lipinski definition) is 2. The van der Waals surface area contributed by atoms with Crippen LogP contribution in [0.4, 0.5) is 20.2 Å². The van der Waals surface area contributed by atoms with Crippen LogP contribution in [0, 0.1) is 11.6 Å². The number of halogens is 2. The first-order valence-electron chi connectivity index (χ1n) is 9.15. The topological polar surface area (TPSA) is 87.7 Å². The molecule has 30 heavy (non-hydrogen) atoms. The number of rotatable bonds is 7. The molecular formula is C20H21F2N3O4S. The van der Waals surface area contributed by atoms with E-state index in [4.69, 9.17) is 4.74 Å². The van der Waals surface area contributed by atoms with Gasteiger partial charge in [-0.1, -0.05) is 6.08 Å². The molecule has 7 nitrogen and oxygen atoms in total. The summed E-state index contributed by atoms with van der Waals surface area (Å²) in [5.41, 5.74) is 0.501. The average Bonchev–Trinajstić information content (AvgIpc) is 2.73. The highest BCUT2D eigenvalue weighted by Crippen LogP contribution is 2.24. The molecule has 0 spiro atoms. The van der Waals surface area contributed by atoms with Gasteiger partial charge >= 0.3 is 0 Å². The third kappa shape index (κ3) is 5.02. The van der Waals surface area contributed by atoms with Gasteiger partial charge in [0.25, 0.3) is 5.91 Å². The molecule has 2 aromatic carbocycles. The van der Waals surface area contributed by atoms with Crippen LogP contribution in [0.2, 0.25) is 0 Å². The van der Waals surface area contributed by atoms with Crippen molar-refractivity contribution in [3.8, 4) is 0 Å². The van der Waals surface area contributed by atoms with Crippen molar-refractivity contribution < 1.29 is 26.7 Å². The van der Waals surface area contributed by atoms with Crippen LogP contribution in [0.3, 0.4) is 0 Å². The minimum atomic E-state index is -4.16. The Bertz CT molecular complexity index is 1050. The molecule has 0 aliphatic carbocycles. The Balaban J connectivity index is 1.78. The van der Waals surface area contributed by atoms with Crippen LogP contribution in [0.15, 0.2) is 53.9 Å². The zero-order valence-corrected chi connectivity index (χ0v) is 16.8. The van der Waals surface area contributed by atoms with Crippen LogP contribution in [0.25, 0.3) is 0 Å². The van der Waals surface area contributed by atoms with Crippen molar-refractivity contribution >= 4 is 27.3 Å². The summed E-state index contributed by atoms with van der Waals surface area (Å²) in [4.78, 5) is 13.7. The predicted molar refractivity (Wildman–Crippen MR) is 109 cm³/mol. The molecule has 1 amide bonds. The van der Waals surface area contributed by atoms with E-state index in [1.807, 2.05) is 4.90 Å². The van der Waals surface area contributed by atoms with Gasteiger partial charge in [-0.05, 0) is 36.4 Å². The maximum absolute atomic E-state index is 14.5. The van der Waals surface area contributed by atoms with E-state index in [1.165, 1.54) is 12.1 Å². The number of hydrogen-bond acceptors (Lipinski definition) is 5. The SMILES string of the molecule is C=CCNS(=O)(=O)c1cc(C(=O)Nc2ccc(N3CCOCC3)c(F)c2)ccc1F. The fraction of sp³-hybridized carbons (Fsp3) is 0.250. The van der Waals surface area contributed by atoms with E-state index in [9.17, 15) is 22.0 Å². The molecule has 1 fully saturated rings. The third-order valence-electron chi connectivity index (χ3n) is 4.46. The van der Waals surface area contributed by atoms with Gasteiger partial charge in [-0.15, -0.1) is 6.58 Å². The Morgan fingerprint density at radius 1 is 1.13 bits per heavy atom. The molecule has 1 heterocycles. The van der Waals surface area contributed by atoms with E-state index < -0.39 is 32.5 Å². The molecule has 2 aromatic rings. The number of morpholine rings is 1. The number of nitrogens with zero attached hydrogens (tertiary/aromatic N) is 1. The number of carbonyl (C=O) groups excluding carboxylic acids is 1. The van der Waals surface area contributed by atoms with Crippen LogP contribution in [0.1, 0.15) is 10.4 Å². The number of anilines is 2. The average molecular weight is 437 g/mol. The van der Waals surface area contributed by atoms with Crippen molar-refractivity contribution in [2.45, 2.75) is 4.90 Å². The highest BCUT2D eigenvalue weighted by atomic mass is 32.2. The van der Waals surface area contributed by atoms with E-state index in [0.29, 0.717) is 32.0 Å². The molecule has 1 saturated heterocycles. The summed E-state index contributed by atoms with van der Waals surface area (Å²) in [5.74, 6) is -2.21. The van der Waals surface area contributed by atoms with Gasteiger partial charge in [-0.3, -0.25) is 4.79 Å². The lowest BCUT2D eigenvalue weighted by Gasteiger charge is -2.29. The highest BCUT2D eigenvalue weighted by Gasteiger charge is 2.21. The van der Waals surface area contributed by atoms with Gasteiger partial charge in [0.1, 0.15) is 16.5 Å². The molecule has 1 aliphatic heterocycles. The third-order valence-corrected chi connectivity index (χ3v) is 5.90. The van der Waals surface area contributed by atoms with E-state index in [2.05, 4.69) is 16.6 Å². The highest BCUT2D eigenvalue weighted by molar-refractivity contribution is 7.89. The fourth-order valence-electron chi connectivity index (χ4n) is 2.95. The molecule has 1 aliphatic rings. The van der Waals surface area contributed by atoms with Crippen LogP contribution in [-0.4, -0.2) is 47.2 Å². The lowest BCUT2D eigenvalue weighted by Crippen LogP contribution is -2.36. The Hall–Kier alpha value is -2.82. The lowest BCUT2D eigenvalue weighted by molar-refractivity contribution is 0.102. The van der Waals surface area contributed by atoms with Crippen molar-refractivity contribution in [1.29, 1.82) is 0 Å². The molecule has 0 bridgehead atoms. The van der Waals surface area contributed by atoms with Crippen molar-refractivity contribution in [2.75, 3.05) is 43.1 Å². The monoisotopic (exact) mass is 437 g/mol. The van der Waals surface area contributed by atoms with Gasteiger partial charge in [0.05, 0.1) is 18.9 Å². The molecule has 10 heteroatoms. The molecule has 3 rings (SSSR count). The van der Waals surface area contributed by atoms with Gasteiger partial charge in [0.2, 0.25) is 10.0 Å². The van der Waals surface area contributed by atoms with Crippen LogP contribution in [-0.2, 0) is 14.8 Å². The van der Waals surface area contributed by atoms with E-state index in [1.54, 1.807) is 12.1 Å². The van der Waals surface area contributed by atoms with Crippen molar-refractivity contribution in [3.63, 3.8) is 0 Å². The second kappa shape index (κ2) is 9.33. The van der Waals surface area contributed by atoms with Crippen LogP contribution >= 0.6 is 0 Å². The summed E-state index contributed by atoms with van der Waals surface area (Å²) >= 11 is 0. The maximum atomic E-state index is 14.5. The Morgan fingerprint density at radius 3 is 2.53 bits per heavy atom. The number of nitrogens with one attached hydrogen (secondary N) is 2. The van der Waals surface area contributed by atoms with Gasteiger partial charge in [0.15, 0.2) is 0 Å². The summed E-state index contributed by atoms with van der Waals surface area (Å²) < 4.78 is 60.3. The summed E-state index contributed by atoms with van der Waals surface area (Å²) in [6.45, 7) is 5.45. The molecule has 0 unspecified atom stereocenters. The summed E-state index contributed by atoms with van der Waals surface area (Å²) in [6, 6.07) is 7.23. The summed E-state index contributed by atoms with van der Waals surface area (Å²) in [6.07, 6.45) is 1.31. The summed E-state index contributed by atoms with van der Waals surface area (Å²) in [5, 5.41) is 2.49. The zero-order chi connectivity index (χ0) is 21.7. The quantitative estimate of drug-likeness (QED) is 0.650. The number of benzene rings is 2. The minimum absolute atomic E-state index is 0.0898. The largest absolute Gasteiger partial charge is 0.378 e. The molecule has 0 radical (unpaired) electrons. The predicted octanol–water partition coefficient (Wildman–Crippen LogP) is 2.52. The van der Waals surface area contributed by atoms with Crippen LogP contribution in [0.5, 0.6) is 0 Å². The van der Waals surface area contributed by atoms with Gasteiger partial charge in [-0.2, -0.15) is 0 Å². The minimum Gasteiger partial charge on any atom is -0.378 e. The molecule has 2 N–H and O–H groups in total. The fourth-order valence-corrected chi connectivity index (χ4v) is 4.05. The molecule has 0 aromatic heterocycles. The van der Waals surface area contributed by atoms with E-state index >= 15 is 0 Å². The molecule has 0 atom stereocenters. The van der Waals surface area contributed by atoms with Crippen molar-refractivity contribution in [1.82, 2.24) is 4.72 Å². The number of ether oxygens (including phenoxy) is 1. The zero-order valence-electron chi connectivity index (χ0n) is 16.0. The number of sulfonamides is 1. The first kappa shape index (κ1) is 21.9. The van der Waals surface area contributed by atoms with Crippen molar-refractivity contribution in [2.24, 2.45) is 0 Å². The lowest BCUT2D eigenvalue weighted by atomic mass is 10.2. The molecule has 0 saturated carbocycles. The van der Waals surface area contributed by atoms with E-state index in [-0.39, 0.29) is 17.8 Å². The smallest absolute Gasteiger partial charge is 0.255 e. The van der Waals surface area contributed by atoms with Crippen LogP contribution < -0.4 is 14.9 Å². The van der Waals surface area contributed by atoms with E-state index in [0.717, 1.165) is 18.2 Å². The Labute approximate surface area is 173 Å². The normalized spacial score (nSPS) is 14.4. The van der Waals surface area contributed by atoms with Gasteiger partial charge < -0.3 is 15.0 Å². The first-order valence-corrected chi connectivity index (χ1v) is 10.6. The number of carbonyl (C=O) groups is 1. The van der Waals surface area contributed by atoms with Gasteiger partial charge in [-0.25, -0.2) is 21.9 Å². The molecular weight excluding hydrogens is 416 g/mol. The maximum Gasteiger partial charge on any atom is 0.255 e. The van der Waals surface area contributed by atoms with Crippen molar-refractivity contribution in [3.05, 3.63) is 66.3 Å².